The number of amides is 2. The third-order valence-electron chi connectivity index (χ3n) is 2.75. The predicted molar refractivity (Wildman–Crippen MR) is 65.2 cm³/mol. The lowest BCUT2D eigenvalue weighted by Gasteiger charge is -2.29. The molecule has 1 aliphatic heterocycles. The second-order valence-electron chi connectivity index (χ2n) is 4.08. The molecule has 2 amide bonds. The van der Waals surface area contributed by atoms with E-state index in [1.807, 2.05) is 0 Å². The van der Waals surface area contributed by atoms with Gasteiger partial charge in [0.1, 0.15) is 0 Å². The summed E-state index contributed by atoms with van der Waals surface area (Å²) in [4.78, 5) is 26.6. The first kappa shape index (κ1) is 13.5. The van der Waals surface area contributed by atoms with Crippen molar-refractivity contribution in [3.05, 3.63) is 0 Å². The van der Waals surface area contributed by atoms with Crippen LogP contribution in [-0.4, -0.2) is 61.4 Å². The number of likely N-dealkylation sites (N-methyl/N-ethyl adjacent to an activating group) is 1. The lowest BCUT2D eigenvalue weighted by Crippen LogP contribution is -2.49. The van der Waals surface area contributed by atoms with E-state index in [1.165, 1.54) is 4.90 Å². The van der Waals surface area contributed by atoms with Crippen molar-refractivity contribution >= 4 is 11.8 Å². The van der Waals surface area contributed by atoms with Crippen LogP contribution < -0.4 is 5.32 Å². The second-order valence-corrected chi connectivity index (χ2v) is 4.08. The molecule has 1 N–H and O–H groups in total. The molecule has 1 heterocycles. The molecular formula is C12H19N3O2. The highest BCUT2D eigenvalue weighted by Crippen LogP contribution is 1.98. The molecule has 0 aliphatic carbocycles. The molecule has 94 valence electrons. The number of nitrogens with one attached hydrogen (secondary N) is 1. The molecule has 1 aliphatic rings. The van der Waals surface area contributed by atoms with Crippen molar-refractivity contribution in [2.75, 3.05) is 39.8 Å². The van der Waals surface area contributed by atoms with Gasteiger partial charge < -0.3 is 15.1 Å². The average molecular weight is 237 g/mol. The Kier molecular flexibility index (Phi) is 5.50. The number of hydrogen-bond donors (Lipinski definition) is 1. The smallest absolute Gasteiger partial charge is 0.242 e. The summed E-state index contributed by atoms with van der Waals surface area (Å²) in [5, 5.41) is 3.18. The van der Waals surface area contributed by atoms with Crippen LogP contribution in [0.4, 0.5) is 0 Å². The highest BCUT2D eigenvalue weighted by molar-refractivity contribution is 5.84. The molecule has 5 heteroatoms. The predicted octanol–water partition coefficient (Wildman–Crippen LogP) is -0.710. The van der Waals surface area contributed by atoms with E-state index in [2.05, 4.69) is 11.2 Å². The number of carbonyl (C=O) groups is 2. The summed E-state index contributed by atoms with van der Waals surface area (Å²) in [5.41, 5.74) is 0. The van der Waals surface area contributed by atoms with Crippen LogP contribution in [0.3, 0.4) is 0 Å². The van der Waals surface area contributed by atoms with Crippen molar-refractivity contribution in [1.82, 2.24) is 15.1 Å². The molecule has 1 saturated heterocycles. The fourth-order valence-electron chi connectivity index (χ4n) is 1.68. The average Bonchev–Trinajstić information content (AvgIpc) is 2.36. The van der Waals surface area contributed by atoms with Crippen LogP contribution in [0.2, 0.25) is 0 Å². The van der Waals surface area contributed by atoms with Gasteiger partial charge in [-0.25, -0.2) is 0 Å². The quantitative estimate of drug-likeness (QED) is 0.657. The van der Waals surface area contributed by atoms with Gasteiger partial charge in [-0.15, -0.1) is 12.3 Å². The van der Waals surface area contributed by atoms with Gasteiger partial charge in [0, 0.05) is 46.1 Å². The largest absolute Gasteiger partial charge is 0.339 e. The fourth-order valence-corrected chi connectivity index (χ4v) is 1.68. The van der Waals surface area contributed by atoms with Gasteiger partial charge in [-0.2, -0.15) is 0 Å². The topological polar surface area (TPSA) is 52.7 Å². The van der Waals surface area contributed by atoms with E-state index in [0.29, 0.717) is 25.9 Å². The van der Waals surface area contributed by atoms with Gasteiger partial charge in [-0.3, -0.25) is 9.59 Å². The van der Waals surface area contributed by atoms with Gasteiger partial charge in [-0.1, -0.05) is 0 Å². The number of rotatable bonds is 4. The maximum absolute atomic E-state index is 11.9. The summed E-state index contributed by atoms with van der Waals surface area (Å²) in [6.45, 7) is 3.21. The molecule has 0 aromatic heterocycles. The van der Waals surface area contributed by atoms with Gasteiger partial charge in [-0.05, 0) is 0 Å². The van der Waals surface area contributed by atoms with E-state index in [1.54, 1.807) is 11.9 Å². The molecule has 0 aromatic carbocycles. The zero-order chi connectivity index (χ0) is 12.7. The Hall–Kier alpha value is -1.54. The van der Waals surface area contributed by atoms with Crippen molar-refractivity contribution < 1.29 is 9.59 Å². The monoisotopic (exact) mass is 237 g/mol. The molecule has 0 saturated carbocycles. The molecule has 0 atom stereocenters. The van der Waals surface area contributed by atoms with Gasteiger partial charge >= 0.3 is 0 Å². The van der Waals surface area contributed by atoms with Crippen LogP contribution in [-0.2, 0) is 9.59 Å². The summed E-state index contributed by atoms with van der Waals surface area (Å²) in [7, 11) is 1.64. The van der Waals surface area contributed by atoms with Gasteiger partial charge in [0.15, 0.2) is 0 Å². The molecule has 0 aromatic rings. The minimum absolute atomic E-state index is 0.00283. The molecule has 0 bridgehead atoms. The molecule has 0 spiro atoms. The first-order valence-corrected chi connectivity index (χ1v) is 5.81. The van der Waals surface area contributed by atoms with Gasteiger partial charge in [0.05, 0.1) is 6.54 Å². The van der Waals surface area contributed by atoms with E-state index in [9.17, 15) is 9.59 Å². The van der Waals surface area contributed by atoms with Crippen molar-refractivity contribution in [2.45, 2.75) is 12.8 Å². The van der Waals surface area contributed by atoms with Crippen LogP contribution in [0.25, 0.3) is 0 Å². The standard InChI is InChI=1S/C12H19N3O2/c1-3-4-5-11(16)14(2)10-12(17)15-8-6-13-7-9-15/h1,13H,4-10H2,2H3. The van der Waals surface area contributed by atoms with E-state index >= 15 is 0 Å². The number of carbonyl (C=O) groups excluding carboxylic acids is 2. The van der Waals surface area contributed by atoms with Gasteiger partial charge in [0.25, 0.3) is 0 Å². The molecule has 5 nitrogen and oxygen atoms in total. The van der Waals surface area contributed by atoms with Crippen molar-refractivity contribution in [3.8, 4) is 12.3 Å². The SMILES string of the molecule is C#CCCC(=O)N(C)CC(=O)N1CCNCC1. The zero-order valence-corrected chi connectivity index (χ0v) is 10.2. The van der Waals surface area contributed by atoms with Crippen LogP contribution in [0.15, 0.2) is 0 Å². The summed E-state index contributed by atoms with van der Waals surface area (Å²) in [6.07, 6.45) is 5.82. The Morgan fingerprint density at radius 1 is 1.41 bits per heavy atom. The molecule has 17 heavy (non-hydrogen) atoms. The normalized spacial score (nSPS) is 15.2. The Labute approximate surface area is 102 Å². The minimum Gasteiger partial charge on any atom is -0.339 e. The summed E-state index contributed by atoms with van der Waals surface area (Å²) in [5.74, 6) is 2.34. The third-order valence-corrected chi connectivity index (χ3v) is 2.75. The summed E-state index contributed by atoms with van der Waals surface area (Å²) >= 11 is 0. The molecule has 1 rings (SSSR count). The fraction of sp³-hybridized carbons (Fsp3) is 0.667. The zero-order valence-electron chi connectivity index (χ0n) is 10.2. The lowest BCUT2D eigenvalue weighted by molar-refractivity contribution is -0.139. The van der Waals surface area contributed by atoms with Crippen molar-refractivity contribution in [2.24, 2.45) is 0 Å². The van der Waals surface area contributed by atoms with Crippen LogP contribution >= 0.6 is 0 Å². The summed E-state index contributed by atoms with van der Waals surface area (Å²) in [6, 6.07) is 0. The maximum atomic E-state index is 11.9. The number of piperazine rings is 1. The third kappa shape index (κ3) is 4.45. The molecule has 1 fully saturated rings. The molecule has 0 radical (unpaired) electrons. The Morgan fingerprint density at radius 3 is 2.65 bits per heavy atom. The van der Waals surface area contributed by atoms with E-state index in [4.69, 9.17) is 6.42 Å². The lowest BCUT2D eigenvalue weighted by atomic mass is 10.3. The van der Waals surface area contributed by atoms with Crippen LogP contribution in [0.1, 0.15) is 12.8 Å². The van der Waals surface area contributed by atoms with Crippen molar-refractivity contribution in [1.29, 1.82) is 0 Å². The number of terminal acetylenes is 1. The summed E-state index contributed by atoms with van der Waals surface area (Å²) < 4.78 is 0. The highest BCUT2D eigenvalue weighted by Gasteiger charge is 2.19. The van der Waals surface area contributed by atoms with Crippen molar-refractivity contribution in [3.63, 3.8) is 0 Å². The Balaban J connectivity index is 2.34. The number of nitrogens with zero attached hydrogens (tertiary/aromatic N) is 2. The first-order chi connectivity index (χ1) is 8.15. The minimum atomic E-state index is -0.0774. The maximum Gasteiger partial charge on any atom is 0.242 e. The Morgan fingerprint density at radius 2 is 2.06 bits per heavy atom. The van der Waals surface area contributed by atoms with Gasteiger partial charge in [0.2, 0.25) is 11.8 Å². The second kappa shape index (κ2) is 6.92. The number of hydrogen-bond acceptors (Lipinski definition) is 3. The molecule has 0 unspecified atom stereocenters. The highest BCUT2D eigenvalue weighted by atomic mass is 16.2. The first-order valence-electron chi connectivity index (χ1n) is 5.81. The van der Waals surface area contributed by atoms with E-state index in [0.717, 1.165) is 13.1 Å². The van der Waals surface area contributed by atoms with E-state index in [-0.39, 0.29) is 18.4 Å². The Bertz CT molecular complexity index is 316. The van der Waals surface area contributed by atoms with Crippen LogP contribution in [0, 0.1) is 12.3 Å². The van der Waals surface area contributed by atoms with Crippen LogP contribution in [0.5, 0.6) is 0 Å². The van der Waals surface area contributed by atoms with E-state index < -0.39 is 0 Å². The molecular weight excluding hydrogens is 218 g/mol.